The molecule has 2 heteroatoms. The van der Waals surface area contributed by atoms with E-state index in [1.54, 1.807) is 0 Å². The van der Waals surface area contributed by atoms with Crippen LogP contribution >= 0.6 is 0 Å². The Bertz CT molecular complexity index is 648. The molecule has 0 radical (unpaired) electrons. The van der Waals surface area contributed by atoms with Crippen LogP contribution in [0.2, 0.25) is 0 Å². The van der Waals surface area contributed by atoms with Crippen molar-refractivity contribution in [1.29, 1.82) is 0 Å². The minimum Gasteiger partial charge on any atom is -0.493 e. The van der Waals surface area contributed by atoms with Crippen molar-refractivity contribution < 1.29 is 4.74 Å². The molecular weight excluding hydrogens is 258 g/mol. The number of nitrogens with one attached hydrogen (secondary N) is 1. The van der Waals surface area contributed by atoms with Crippen molar-refractivity contribution in [1.82, 2.24) is 5.32 Å². The van der Waals surface area contributed by atoms with Crippen LogP contribution in [0, 0.1) is 13.8 Å². The van der Waals surface area contributed by atoms with Crippen LogP contribution in [0.15, 0.2) is 36.4 Å². The average molecular weight is 281 g/mol. The van der Waals surface area contributed by atoms with Crippen LogP contribution in [0.1, 0.15) is 40.8 Å². The van der Waals surface area contributed by atoms with E-state index in [1.807, 2.05) is 0 Å². The highest BCUT2D eigenvalue weighted by Gasteiger charge is 2.19. The smallest absolute Gasteiger partial charge is 0.122 e. The number of ether oxygens (including phenoxy) is 1. The van der Waals surface area contributed by atoms with Gasteiger partial charge in [0.15, 0.2) is 0 Å². The van der Waals surface area contributed by atoms with E-state index in [1.165, 1.54) is 27.8 Å². The number of fused-ring (bicyclic) bond motifs is 1. The predicted molar refractivity (Wildman–Crippen MR) is 87.1 cm³/mol. The Morgan fingerprint density at radius 3 is 2.76 bits per heavy atom. The topological polar surface area (TPSA) is 21.3 Å². The number of hydrogen-bond acceptors (Lipinski definition) is 2. The fourth-order valence-electron chi connectivity index (χ4n) is 3.15. The highest BCUT2D eigenvalue weighted by Crippen LogP contribution is 2.31. The van der Waals surface area contributed by atoms with E-state index < -0.39 is 0 Å². The molecule has 0 bridgehead atoms. The number of benzene rings is 2. The summed E-state index contributed by atoms with van der Waals surface area (Å²) in [6.45, 7) is 8.27. The van der Waals surface area contributed by atoms with Gasteiger partial charge in [-0.25, -0.2) is 0 Å². The molecule has 1 aliphatic rings. The van der Waals surface area contributed by atoms with Crippen LogP contribution in [-0.2, 0) is 6.42 Å². The highest BCUT2D eigenvalue weighted by atomic mass is 16.5. The summed E-state index contributed by atoms with van der Waals surface area (Å²) in [5, 5.41) is 3.63. The lowest BCUT2D eigenvalue weighted by molar-refractivity contribution is 0.357. The molecule has 0 aromatic heterocycles. The Kier molecular flexibility index (Phi) is 3.98. The quantitative estimate of drug-likeness (QED) is 0.916. The van der Waals surface area contributed by atoms with Crippen LogP contribution in [0.5, 0.6) is 5.75 Å². The van der Waals surface area contributed by atoms with Crippen molar-refractivity contribution in [3.05, 3.63) is 64.2 Å². The van der Waals surface area contributed by atoms with Gasteiger partial charge in [-0.15, -0.1) is 0 Å². The van der Waals surface area contributed by atoms with Gasteiger partial charge in [0.25, 0.3) is 0 Å². The normalized spacial score (nSPS) is 14.6. The van der Waals surface area contributed by atoms with Gasteiger partial charge in [0.2, 0.25) is 0 Å². The third-order valence-corrected chi connectivity index (χ3v) is 4.19. The molecular formula is C19H23NO. The molecule has 2 aromatic rings. The summed E-state index contributed by atoms with van der Waals surface area (Å²) < 4.78 is 5.62. The fraction of sp³-hybridized carbons (Fsp3) is 0.368. The molecule has 1 atom stereocenters. The second-order valence-corrected chi connectivity index (χ2v) is 5.82. The summed E-state index contributed by atoms with van der Waals surface area (Å²) in [5.74, 6) is 1.05. The van der Waals surface area contributed by atoms with Crippen molar-refractivity contribution in [2.24, 2.45) is 0 Å². The first-order valence-corrected chi connectivity index (χ1v) is 7.75. The third-order valence-electron chi connectivity index (χ3n) is 4.19. The van der Waals surface area contributed by atoms with Crippen LogP contribution < -0.4 is 10.1 Å². The first-order chi connectivity index (χ1) is 10.2. The molecule has 0 spiro atoms. The van der Waals surface area contributed by atoms with Crippen molar-refractivity contribution >= 4 is 0 Å². The lowest BCUT2D eigenvalue weighted by atomic mass is 9.92. The molecule has 0 amide bonds. The largest absolute Gasteiger partial charge is 0.493 e. The van der Waals surface area contributed by atoms with Gasteiger partial charge in [-0.05, 0) is 48.7 Å². The van der Waals surface area contributed by atoms with E-state index in [2.05, 4.69) is 62.5 Å². The molecule has 3 rings (SSSR count). The Labute approximate surface area is 127 Å². The summed E-state index contributed by atoms with van der Waals surface area (Å²) in [5.41, 5.74) is 6.68. The van der Waals surface area contributed by atoms with E-state index in [9.17, 15) is 0 Å². The summed E-state index contributed by atoms with van der Waals surface area (Å²) in [6.07, 6.45) is 1.02. The lowest BCUT2D eigenvalue weighted by Gasteiger charge is -2.22. The summed E-state index contributed by atoms with van der Waals surface area (Å²) in [7, 11) is 0. The van der Waals surface area contributed by atoms with Crippen LogP contribution in [0.3, 0.4) is 0 Å². The zero-order valence-corrected chi connectivity index (χ0v) is 13.1. The molecule has 1 heterocycles. The maximum absolute atomic E-state index is 5.62. The average Bonchev–Trinajstić information content (AvgIpc) is 2.93. The molecule has 2 aromatic carbocycles. The van der Waals surface area contributed by atoms with Crippen LogP contribution in [0.4, 0.5) is 0 Å². The van der Waals surface area contributed by atoms with Gasteiger partial charge >= 0.3 is 0 Å². The van der Waals surface area contributed by atoms with Crippen molar-refractivity contribution in [3.63, 3.8) is 0 Å². The lowest BCUT2D eigenvalue weighted by Crippen LogP contribution is -2.23. The van der Waals surface area contributed by atoms with Gasteiger partial charge in [-0.1, -0.05) is 42.8 Å². The SMILES string of the molecule is CCNC(c1ccc2c(c1)CCO2)c1ccc(C)cc1C. The standard InChI is InChI=1S/C19H23NO/c1-4-20-19(17-7-5-13(2)11-14(17)3)16-6-8-18-15(12-16)9-10-21-18/h5-8,11-12,19-20H,4,9-10H2,1-3H3. The van der Waals surface area contributed by atoms with Crippen molar-refractivity contribution in [2.45, 2.75) is 33.2 Å². The second kappa shape index (κ2) is 5.90. The Balaban J connectivity index is 2.01. The molecule has 0 fully saturated rings. The van der Waals surface area contributed by atoms with Gasteiger partial charge in [-0.3, -0.25) is 0 Å². The Morgan fingerprint density at radius 2 is 2.00 bits per heavy atom. The van der Waals surface area contributed by atoms with Crippen LogP contribution in [-0.4, -0.2) is 13.2 Å². The molecule has 0 saturated carbocycles. The maximum atomic E-state index is 5.62. The Hall–Kier alpha value is -1.80. The summed E-state index contributed by atoms with van der Waals surface area (Å²) in [6, 6.07) is 13.6. The van der Waals surface area contributed by atoms with Crippen molar-refractivity contribution in [2.75, 3.05) is 13.2 Å². The molecule has 0 aliphatic carbocycles. The predicted octanol–water partition coefficient (Wildman–Crippen LogP) is 3.94. The molecule has 110 valence electrons. The molecule has 1 unspecified atom stereocenters. The third kappa shape index (κ3) is 2.81. The summed E-state index contributed by atoms with van der Waals surface area (Å²) in [4.78, 5) is 0. The molecule has 2 nitrogen and oxygen atoms in total. The monoisotopic (exact) mass is 281 g/mol. The maximum Gasteiger partial charge on any atom is 0.122 e. The van der Waals surface area contributed by atoms with Gasteiger partial charge < -0.3 is 10.1 Å². The minimum atomic E-state index is 0.251. The molecule has 1 aliphatic heterocycles. The van der Waals surface area contributed by atoms with E-state index in [0.29, 0.717) is 0 Å². The van der Waals surface area contributed by atoms with Gasteiger partial charge in [0.1, 0.15) is 5.75 Å². The van der Waals surface area contributed by atoms with Crippen molar-refractivity contribution in [3.8, 4) is 5.75 Å². The minimum absolute atomic E-state index is 0.251. The second-order valence-electron chi connectivity index (χ2n) is 5.82. The van der Waals surface area contributed by atoms with Gasteiger partial charge in [0.05, 0.1) is 12.6 Å². The molecule has 0 saturated heterocycles. The zero-order chi connectivity index (χ0) is 14.8. The van der Waals surface area contributed by atoms with Crippen LogP contribution in [0.25, 0.3) is 0 Å². The number of aryl methyl sites for hydroxylation is 2. The summed E-state index contributed by atoms with van der Waals surface area (Å²) >= 11 is 0. The van der Waals surface area contributed by atoms with E-state index in [-0.39, 0.29) is 6.04 Å². The fourth-order valence-corrected chi connectivity index (χ4v) is 3.15. The Morgan fingerprint density at radius 1 is 1.14 bits per heavy atom. The van der Waals surface area contributed by atoms with E-state index >= 15 is 0 Å². The first-order valence-electron chi connectivity index (χ1n) is 7.75. The molecule has 1 N–H and O–H groups in total. The van der Waals surface area contributed by atoms with E-state index in [4.69, 9.17) is 4.74 Å². The van der Waals surface area contributed by atoms with Gasteiger partial charge in [-0.2, -0.15) is 0 Å². The highest BCUT2D eigenvalue weighted by molar-refractivity contribution is 5.45. The molecule has 21 heavy (non-hydrogen) atoms. The zero-order valence-electron chi connectivity index (χ0n) is 13.1. The number of hydrogen-bond donors (Lipinski definition) is 1. The van der Waals surface area contributed by atoms with E-state index in [0.717, 1.165) is 25.3 Å². The number of rotatable bonds is 4. The van der Waals surface area contributed by atoms with Gasteiger partial charge in [0, 0.05) is 6.42 Å². The first kappa shape index (κ1) is 14.2.